The van der Waals surface area contributed by atoms with E-state index in [9.17, 15) is 9.90 Å². The van der Waals surface area contributed by atoms with Crippen LogP contribution < -0.4 is 5.32 Å². The molecule has 1 aromatic carbocycles. The average molecular weight is 402 g/mol. The fourth-order valence-corrected chi connectivity index (χ4v) is 4.60. The molecule has 2 N–H and O–H groups in total. The first-order chi connectivity index (χ1) is 13.5. The highest BCUT2D eigenvalue weighted by molar-refractivity contribution is 7.10. The van der Waals surface area contributed by atoms with Crippen molar-refractivity contribution in [3.8, 4) is 0 Å². The fraction of sp³-hybridized carbons (Fsp3) is 0.500. The maximum absolute atomic E-state index is 12.7. The van der Waals surface area contributed by atoms with Crippen LogP contribution in [0.3, 0.4) is 0 Å². The summed E-state index contributed by atoms with van der Waals surface area (Å²) in [6, 6.07) is 14.6. The van der Waals surface area contributed by atoms with Crippen molar-refractivity contribution in [2.75, 3.05) is 32.7 Å². The van der Waals surface area contributed by atoms with Gasteiger partial charge < -0.3 is 15.3 Å². The van der Waals surface area contributed by atoms with E-state index in [2.05, 4.69) is 40.2 Å². The van der Waals surface area contributed by atoms with Gasteiger partial charge in [0.1, 0.15) is 0 Å². The lowest BCUT2D eigenvalue weighted by molar-refractivity contribution is -0.122. The molecule has 0 aliphatic carbocycles. The van der Waals surface area contributed by atoms with Gasteiger partial charge in [0.15, 0.2) is 0 Å². The SMILES string of the molecule is CC(O)CN1CCN(CCC(=O)NC(c2ccccc2)c2cccs2)CC1C. The van der Waals surface area contributed by atoms with Crippen molar-refractivity contribution >= 4 is 17.2 Å². The van der Waals surface area contributed by atoms with Gasteiger partial charge in [-0.2, -0.15) is 0 Å². The summed E-state index contributed by atoms with van der Waals surface area (Å²) in [6.07, 6.45) is 0.199. The molecule has 28 heavy (non-hydrogen) atoms. The van der Waals surface area contributed by atoms with Gasteiger partial charge in [-0.3, -0.25) is 9.69 Å². The number of carbonyl (C=O) groups is 1. The molecule has 2 aromatic rings. The zero-order valence-corrected chi connectivity index (χ0v) is 17.6. The van der Waals surface area contributed by atoms with Gasteiger partial charge in [-0.15, -0.1) is 11.3 Å². The molecule has 3 rings (SSSR count). The quantitative estimate of drug-likeness (QED) is 0.714. The van der Waals surface area contributed by atoms with Gasteiger partial charge in [0.2, 0.25) is 5.91 Å². The summed E-state index contributed by atoms with van der Waals surface area (Å²) in [6.45, 7) is 8.33. The molecule has 0 radical (unpaired) electrons. The number of amides is 1. The molecule has 1 aromatic heterocycles. The third kappa shape index (κ3) is 5.88. The first-order valence-corrected chi connectivity index (χ1v) is 10.9. The monoisotopic (exact) mass is 401 g/mol. The van der Waals surface area contributed by atoms with Gasteiger partial charge in [-0.25, -0.2) is 0 Å². The van der Waals surface area contributed by atoms with Crippen LogP contribution in [0.5, 0.6) is 0 Å². The molecule has 0 spiro atoms. The lowest BCUT2D eigenvalue weighted by Crippen LogP contribution is -2.53. The van der Waals surface area contributed by atoms with E-state index in [1.165, 1.54) is 0 Å². The van der Waals surface area contributed by atoms with Gasteiger partial charge in [0.05, 0.1) is 12.1 Å². The number of benzene rings is 1. The Hall–Kier alpha value is -1.73. The van der Waals surface area contributed by atoms with Gasteiger partial charge in [0.25, 0.3) is 0 Å². The number of thiophene rings is 1. The average Bonchev–Trinajstić information content (AvgIpc) is 3.21. The summed E-state index contributed by atoms with van der Waals surface area (Å²) in [5.74, 6) is 0.0846. The molecule has 3 atom stereocenters. The molecule has 1 amide bonds. The lowest BCUT2D eigenvalue weighted by Gasteiger charge is -2.40. The zero-order chi connectivity index (χ0) is 19.9. The van der Waals surface area contributed by atoms with Crippen LogP contribution >= 0.6 is 11.3 Å². The Labute approximate surface area is 172 Å². The minimum atomic E-state index is -0.299. The maximum Gasteiger partial charge on any atom is 0.222 e. The van der Waals surface area contributed by atoms with E-state index in [0.29, 0.717) is 12.5 Å². The van der Waals surface area contributed by atoms with Gasteiger partial charge >= 0.3 is 0 Å². The molecule has 1 saturated heterocycles. The van der Waals surface area contributed by atoms with Crippen LogP contribution in [0.25, 0.3) is 0 Å². The van der Waals surface area contributed by atoms with Crippen molar-refractivity contribution in [1.82, 2.24) is 15.1 Å². The zero-order valence-electron chi connectivity index (χ0n) is 16.8. The molecule has 6 heteroatoms. The van der Waals surface area contributed by atoms with Crippen LogP contribution in [0.4, 0.5) is 0 Å². The Kier molecular flexibility index (Phi) is 7.62. The number of nitrogens with zero attached hydrogens (tertiary/aromatic N) is 2. The molecule has 3 unspecified atom stereocenters. The summed E-state index contributed by atoms with van der Waals surface area (Å²) < 4.78 is 0. The number of rotatable bonds is 8. The van der Waals surface area contributed by atoms with Gasteiger partial charge in [0, 0.05) is 50.1 Å². The first-order valence-electron chi connectivity index (χ1n) is 10.0. The topological polar surface area (TPSA) is 55.8 Å². The third-order valence-electron chi connectivity index (χ3n) is 5.27. The van der Waals surface area contributed by atoms with E-state index in [0.717, 1.165) is 43.2 Å². The fourth-order valence-electron chi connectivity index (χ4n) is 3.80. The van der Waals surface area contributed by atoms with E-state index >= 15 is 0 Å². The summed E-state index contributed by atoms with van der Waals surface area (Å²) in [5.41, 5.74) is 1.11. The number of aliphatic hydroxyl groups is 1. The summed E-state index contributed by atoms with van der Waals surface area (Å²) in [4.78, 5) is 18.5. The Morgan fingerprint density at radius 1 is 1.25 bits per heavy atom. The van der Waals surface area contributed by atoms with Crippen molar-refractivity contribution in [3.05, 3.63) is 58.3 Å². The molecule has 152 valence electrons. The second kappa shape index (κ2) is 10.2. The molecule has 0 saturated carbocycles. The summed E-state index contributed by atoms with van der Waals surface area (Å²) in [5, 5.41) is 14.9. The molecule has 5 nitrogen and oxygen atoms in total. The van der Waals surface area contributed by atoms with Gasteiger partial charge in [-0.1, -0.05) is 36.4 Å². The van der Waals surface area contributed by atoms with Crippen LogP contribution in [-0.2, 0) is 4.79 Å². The second-order valence-corrected chi connectivity index (χ2v) is 8.65. The van der Waals surface area contributed by atoms with E-state index in [1.54, 1.807) is 11.3 Å². The molecular weight excluding hydrogens is 370 g/mol. The van der Waals surface area contributed by atoms with E-state index < -0.39 is 0 Å². The predicted octanol–water partition coefficient (Wildman–Crippen LogP) is 2.73. The van der Waals surface area contributed by atoms with Gasteiger partial charge in [-0.05, 0) is 30.9 Å². The van der Waals surface area contributed by atoms with E-state index in [4.69, 9.17) is 0 Å². The Morgan fingerprint density at radius 3 is 2.68 bits per heavy atom. The number of aliphatic hydroxyl groups excluding tert-OH is 1. The van der Waals surface area contributed by atoms with Crippen molar-refractivity contribution in [1.29, 1.82) is 0 Å². The van der Waals surface area contributed by atoms with Crippen LogP contribution in [0, 0.1) is 0 Å². The molecular formula is C22H31N3O2S. The van der Waals surface area contributed by atoms with Crippen molar-refractivity contribution in [2.24, 2.45) is 0 Å². The normalized spacial score (nSPS) is 20.6. The predicted molar refractivity (Wildman–Crippen MR) is 115 cm³/mol. The molecule has 1 aliphatic heterocycles. The summed E-state index contributed by atoms with van der Waals surface area (Å²) in [7, 11) is 0. The Bertz CT molecular complexity index is 721. The van der Waals surface area contributed by atoms with Crippen LogP contribution in [0.2, 0.25) is 0 Å². The largest absolute Gasteiger partial charge is 0.392 e. The van der Waals surface area contributed by atoms with Crippen molar-refractivity contribution < 1.29 is 9.90 Å². The minimum Gasteiger partial charge on any atom is -0.392 e. The summed E-state index contributed by atoms with van der Waals surface area (Å²) >= 11 is 1.67. The smallest absolute Gasteiger partial charge is 0.222 e. The van der Waals surface area contributed by atoms with Crippen LogP contribution in [0.1, 0.15) is 36.8 Å². The lowest BCUT2D eigenvalue weighted by atomic mass is 10.1. The van der Waals surface area contributed by atoms with Crippen molar-refractivity contribution in [3.63, 3.8) is 0 Å². The number of hydrogen-bond acceptors (Lipinski definition) is 5. The number of β-amino-alcohol motifs (C(OH)–C–C–N with tert-alkyl or cyclic N) is 1. The second-order valence-electron chi connectivity index (χ2n) is 7.67. The number of hydrogen-bond donors (Lipinski definition) is 2. The maximum atomic E-state index is 12.7. The van der Waals surface area contributed by atoms with E-state index in [1.807, 2.05) is 36.6 Å². The van der Waals surface area contributed by atoms with Crippen LogP contribution in [0.15, 0.2) is 47.8 Å². The Balaban J connectivity index is 1.52. The molecule has 2 heterocycles. The minimum absolute atomic E-state index is 0.0846. The first kappa shape index (κ1) is 21.0. The van der Waals surface area contributed by atoms with E-state index in [-0.39, 0.29) is 18.1 Å². The highest BCUT2D eigenvalue weighted by Crippen LogP contribution is 2.26. The highest BCUT2D eigenvalue weighted by Gasteiger charge is 2.25. The van der Waals surface area contributed by atoms with Crippen LogP contribution in [-0.4, -0.2) is 65.7 Å². The molecule has 1 fully saturated rings. The third-order valence-corrected chi connectivity index (χ3v) is 6.21. The highest BCUT2D eigenvalue weighted by atomic mass is 32.1. The number of piperazine rings is 1. The Morgan fingerprint density at radius 2 is 2.04 bits per heavy atom. The standard InChI is InChI=1S/C22H31N3O2S/c1-17-15-24(12-13-25(17)16-18(2)26)11-10-21(27)23-22(20-9-6-14-28-20)19-7-4-3-5-8-19/h3-9,14,17-18,22,26H,10-13,15-16H2,1-2H3,(H,23,27). The number of carbonyl (C=O) groups excluding carboxylic acids is 1. The van der Waals surface area contributed by atoms with Crippen molar-refractivity contribution in [2.45, 2.75) is 38.5 Å². The number of nitrogens with one attached hydrogen (secondary N) is 1. The molecule has 1 aliphatic rings. The molecule has 0 bridgehead atoms.